The fourth-order valence-corrected chi connectivity index (χ4v) is 2.06. The molecule has 0 saturated carbocycles. The molecule has 0 bridgehead atoms. The number of aryl methyl sites for hydroxylation is 1. The lowest BCUT2D eigenvalue weighted by Gasteiger charge is -2.32. The molecule has 0 unspecified atom stereocenters. The highest BCUT2D eigenvalue weighted by atomic mass is 16.5. The first-order chi connectivity index (χ1) is 9.25. The second-order valence-corrected chi connectivity index (χ2v) is 4.71. The molecule has 2 rings (SSSR count). The second-order valence-electron chi connectivity index (χ2n) is 4.71. The third kappa shape index (κ3) is 4.60. The van der Waals surface area contributed by atoms with Crippen LogP contribution in [0.3, 0.4) is 0 Å². The molecule has 1 aliphatic rings. The molecule has 7 heteroatoms. The number of nitrogens with zero attached hydrogens (tertiary/aromatic N) is 4. The third-order valence-electron chi connectivity index (χ3n) is 3.30. The van der Waals surface area contributed by atoms with Gasteiger partial charge in [0, 0.05) is 32.1 Å². The van der Waals surface area contributed by atoms with Crippen molar-refractivity contribution in [3.05, 3.63) is 12.7 Å². The lowest BCUT2D eigenvalue weighted by atomic mass is 10.2. The number of carbonyl (C=O) groups excluding carboxylic acids is 1. The predicted octanol–water partition coefficient (Wildman–Crippen LogP) is -0.495. The monoisotopic (exact) mass is 267 g/mol. The molecule has 1 fully saturated rings. The third-order valence-corrected chi connectivity index (χ3v) is 3.30. The van der Waals surface area contributed by atoms with E-state index < -0.39 is 0 Å². The van der Waals surface area contributed by atoms with Gasteiger partial charge in [0.25, 0.3) is 0 Å². The Morgan fingerprint density at radius 3 is 2.95 bits per heavy atom. The summed E-state index contributed by atoms with van der Waals surface area (Å²) in [6.07, 6.45) is 3.52. The summed E-state index contributed by atoms with van der Waals surface area (Å²) in [5.41, 5.74) is 0. The number of amides is 1. The second kappa shape index (κ2) is 7.20. The maximum absolute atomic E-state index is 11.7. The van der Waals surface area contributed by atoms with Gasteiger partial charge in [-0.05, 0) is 6.92 Å². The van der Waals surface area contributed by atoms with Gasteiger partial charge in [-0.25, -0.2) is 4.98 Å². The molecule has 1 atom stereocenters. The first kappa shape index (κ1) is 14.0. The summed E-state index contributed by atoms with van der Waals surface area (Å²) in [5, 5.41) is 6.92. The number of ether oxygens (including phenoxy) is 1. The first-order valence-corrected chi connectivity index (χ1v) is 6.66. The summed E-state index contributed by atoms with van der Waals surface area (Å²) < 4.78 is 6.97. The molecule has 0 radical (unpaired) electrons. The van der Waals surface area contributed by atoms with E-state index >= 15 is 0 Å². The first-order valence-electron chi connectivity index (χ1n) is 6.66. The van der Waals surface area contributed by atoms with Crippen molar-refractivity contribution in [1.82, 2.24) is 25.0 Å². The lowest BCUT2D eigenvalue weighted by Crippen LogP contribution is -2.47. The zero-order valence-corrected chi connectivity index (χ0v) is 11.3. The molecule has 0 aromatic carbocycles. The van der Waals surface area contributed by atoms with E-state index in [4.69, 9.17) is 4.74 Å². The van der Waals surface area contributed by atoms with Crippen LogP contribution in [0.15, 0.2) is 12.7 Å². The largest absolute Gasteiger partial charge is 0.379 e. The minimum atomic E-state index is 0.0515. The summed E-state index contributed by atoms with van der Waals surface area (Å²) in [4.78, 5) is 17.9. The van der Waals surface area contributed by atoms with Crippen molar-refractivity contribution in [3.63, 3.8) is 0 Å². The van der Waals surface area contributed by atoms with Crippen molar-refractivity contribution in [2.24, 2.45) is 0 Å². The van der Waals surface area contributed by atoms with Crippen LogP contribution in [0, 0.1) is 0 Å². The van der Waals surface area contributed by atoms with E-state index in [1.807, 2.05) is 0 Å². The fraction of sp³-hybridized carbons (Fsp3) is 0.750. The molecule has 106 valence electrons. The van der Waals surface area contributed by atoms with Gasteiger partial charge >= 0.3 is 0 Å². The Kier molecular flexibility index (Phi) is 5.29. The van der Waals surface area contributed by atoms with Crippen molar-refractivity contribution in [3.8, 4) is 0 Å². The zero-order valence-electron chi connectivity index (χ0n) is 11.3. The van der Waals surface area contributed by atoms with Crippen molar-refractivity contribution in [2.45, 2.75) is 25.9 Å². The van der Waals surface area contributed by atoms with Gasteiger partial charge in [0.2, 0.25) is 5.91 Å². The molecule has 7 nitrogen and oxygen atoms in total. The molecule has 1 N–H and O–H groups in total. The van der Waals surface area contributed by atoms with E-state index in [0.717, 1.165) is 26.3 Å². The highest BCUT2D eigenvalue weighted by molar-refractivity contribution is 5.75. The number of nitrogens with one attached hydrogen (secondary N) is 1. The number of hydrogen-bond donors (Lipinski definition) is 1. The molecule has 2 heterocycles. The maximum Gasteiger partial charge on any atom is 0.221 e. The van der Waals surface area contributed by atoms with Gasteiger partial charge in [0.15, 0.2) is 0 Å². The smallest absolute Gasteiger partial charge is 0.221 e. The Hall–Kier alpha value is -1.47. The van der Waals surface area contributed by atoms with Crippen molar-refractivity contribution in [1.29, 1.82) is 0 Å². The van der Waals surface area contributed by atoms with Gasteiger partial charge in [0.1, 0.15) is 12.7 Å². The summed E-state index contributed by atoms with van der Waals surface area (Å²) in [5.74, 6) is 0.0515. The van der Waals surface area contributed by atoms with E-state index in [1.165, 1.54) is 6.33 Å². The number of hydrogen-bond acceptors (Lipinski definition) is 5. The van der Waals surface area contributed by atoms with Gasteiger partial charge in [-0.3, -0.25) is 14.4 Å². The molecule has 0 spiro atoms. The number of rotatable bonds is 6. The molecular formula is C12H21N5O2. The standard InChI is InChI=1S/C12H21N5O2/c1-11(16-4-6-19-7-5-16)8-14-12(18)2-3-17-10-13-9-15-17/h9-11H,2-8H2,1H3,(H,14,18)/t11-/m0/s1. The van der Waals surface area contributed by atoms with Crippen LogP contribution in [0.5, 0.6) is 0 Å². The number of carbonyl (C=O) groups is 1. The lowest BCUT2D eigenvalue weighted by molar-refractivity contribution is -0.121. The molecule has 0 aliphatic carbocycles. The topological polar surface area (TPSA) is 72.3 Å². The molecule has 1 aliphatic heterocycles. The minimum absolute atomic E-state index is 0.0515. The Labute approximate surface area is 112 Å². The highest BCUT2D eigenvalue weighted by Crippen LogP contribution is 2.02. The van der Waals surface area contributed by atoms with Crippen molar-refractivity contribution < 1.29 is 9.53 Å². The summed E-state index contributed by atoms with van der Waals surface area (Å²) in [6, 6.07) is 0.347. The Bertz CT molecular complexity index is 375. The van der Waals surface area contributed by atoms with Crippen molar-refractivity contribution >= 4 is 5.91 Å². The van der Waals surface area contributed by atoms with Gasteiger partial charge < -0.3 is 10.1 Å². The predicted molar refractivity (Wildman–Crippen MR) is 69.5 cm³/mol. The number of aromatic nitrogens is 3. The molecule has 1 amide bonds. The van der Waals surface area contributed by atoms with Crippen LogP contribution in [0.1, 0.15) is 13.3 Å². The number of morpholine rings is 1. The Morgan fingerprint density at radius 2 is 2.26 bits per heavy atom. The van der Waals surface area contributed by atoms with Crippen LogP contribution in [0.2, 0.25) is 0 Å². The van der Waals surface area contributed by atoms with Crippen LogP contribution >= 0.6 is 0 Å². The molecular weight excluding hydrogens is 246 g/mol. The molecule has 1 saturated heterocycles. The van der Waals surface area contributed by atoms with Crippen LogP contribution in [0.4, 0.5) is 0 Å². The fourth-order valence-electron chi connectivity index (χ4n) is 2.06. The summed E-state index contributed by atoms with van der Waals surface area (Å²) >= 11 is 0. The quantitative estimate of drug-likeness (QED) is 0.752. The van der Waals surface area contributed by atoms with E-state index in [-0.39, 0.29) is 5.91 Å². The van der Waals surface area contributed by atoms with E-state index in [2.05, 4.69) is 27.2 Å². The SMILES string of the molecule is C[C@@H](CNC(=O)CCn1cncn1)N1CCOCC1. The molecule has 19 heavy (non-hydrogen) atoms. The zero-order chi connectivity index (χ0) is 13.5. The highest BCUT2D eigenvalue weighted by Gasteiger charge is 2.17. The summed E-state index contributed by atoms with van der Waals surface area (Å²) in [7, 11) is 0. The van der Waals surface area contributed by atoms with Crippen LogP contribution in [0.25, 0.3) is 0 Å². The van der Waals surface area contributed by atoms with Crippen LogP contribution in [-0.4, -0.2) is 64.5 Å². The van der Waals surface area contributed by atoms with Crippen LogP contribution in [-0.2, 0) is 16.1 Å². The summed E-state index contributed by atoms with van der Waals surface area (Å²) in [6.45, 7) is 6.82. The van der Waals surface area contributed by atoms with Gasteiger partial charge in [-0.1, -0.05) is 0 Å². The van der Waals surface area contributed by atoms with Gasteiger partial charge in [0.05, 0.1) is 19.8 Å². The van der Waals surface area contributed by atoms with E-state index in [0.29, 0.717) is 25.6 Å². The minimum Gasteiger partial charge on any atom is -0.379 e. The normalized spacial score (nSPS) is 18.2. The maximum atomic E-state index is 11.7. The molecule has 1 aromatic heterocycles. The van der Waals surface area contributed by atoms with Crippen molar-refractivity contribution in [2.75, 3.05) is 32.8 Å². The van der Waals surface area contributed by atoms with E-state index in [9.17, 15) is 4.79 Å². The van der Waals surface area contributed by atoms with E-state index in [1.54, 1.807) is 11.0 Å². The van der Waals surface area contributed by atoms with Crippen LogP contribution < -0.4 is 5.32 Å². The Morgan fingerprint density at radius 1 is 1.47 bits per heavy atom. The Balaban J connectivity index is 1.62. The average molecular weight is 267 g/mol. The average Bonchev–Trinajstić information content (AvgIpc) is 2.96. The van der Waals surface area contributed by atoms with Gasteiger partial charge in [-0.15, -0.1) is 0 Å². The van der Waals surface area contributed by atoms with Gasteiger partial charge in [-0.2, -0.15) is 5.10 Å². The molecule has 1 aromatic rings.